The van der Waals surface area contributed by atoms with Crippen molar-refractivity contribution in [3.05, 3.63) is 0 Å². The number of esters is 1. The van der Waals surface area contributed by atoms with E-state index in [-0.39, 0.29) is 11.9 Å². The lowest BCUT2D eigenvalue weighted by Gasteiger charge is -2.28. The van der Waals surface area contributed by atoms with Crippen molar-refractivity contribution in [2.45, 2.75) is 149 Å². The smallest absolute Gasteiger partial charge is 0.410 e. The van der Waals surface area contributed by atoms with Gasteiger partial charge in [-0.2, -0.15) is 0 Å². The molecule has 0 aromatic carbocycles. The third kappa shape index (κ3) is 18.1. The van der Waals surface area contributed by atoms with Crippen LogP contribution < -0.4 is 0 Å². The first-order valence-electron chi connectivity index (χ1n) is 14.5. The summed E-state index contributed by atoms with van der Waals surface area (Å²) in [6, 6.07) is -0.602. The fourth-order valence-electron chi connectivity index (χ4n) is 4.30. The van der Waals surface area contributed by atoms with Crippen molar-refractivity contribution < 1.29 is 19.1 Å². The molecule has 0 aliphatic heterocycles. The molecule has 0 N–H and O–H groups in total. The first-order chi connectivity index (χ1) is 16.5. The van der Waals surface area contributed by atoms with Gasteiger partial charge in [0.2, 0.25) is 0 Å². The van der Waals surface area contributed by atoms with Crippen molar-refractivity contribution in [2.75, 3.05) is 20.3 Å². The van der Waals surface area contributed by atoms with Gasteiger partial charge in [0.15, 0.2) is 0 Å². The van der Waals surface area contributed by atoms with E-state index in [1.165, 1.54) is 94.8 Å². The summed E-state index contributed by atoms with van der Waals surface area (Å²) in [4.78, 5) is 26.1. The average Bonchev–Trinajstić information content (AvgIpc) is 2.81. The van der Waals surface area contributed by atoms with E-state index < -0.39 is 12.1 Å². The number of ether oxygens (including phenoxy) is 2. The van der Waals surface area contributed by atoms with Gasteiger partial charge in [0.25, 0.3) is 0 Å². The van der Waals surface area contributed by atoms with Crippen LogP contribution in [0.15, 0.2) is 0 Å². The molecule has 1 amide bonds. The van der Waals surface area contributed by atoms with Crippen molar-refractivity contribution in [1.29, 1.82) is 0 Å². The van der Waals surface area contributed by atoms with Crippen molar-refractivity contribution in [2.24, 2.45) is 5.92 Å². The van der Waals surface area contributed by atoms with Gasteiger partial charge in [-0.25, -0.2) is 9.59 Å². The number of carbonyl (C=O) groups is 2. The van der Waals surface area contributed by atoms with Gasteiger partial charge < -0.3 is 9.47 Å². The van der Waals surface area contributed by atoms with Gasteiger partial charge in [-0.05, 0) is 18.8 Å². The topological polar surface area (TPSA) is 55.8 Å². The van der Waals surface area contributed by atoms with Crippen LogP contribution in [-0.4, -0.2) is 43.3 Å². The van der Waals surface area contributed by atoms with E-state index in [2.05, 4.69) is 6.92 Å². The summed E-state index contributed by atoms with van der Waals surface area (Å²) in [5, 5.41) is 0. The van der Waals surface area contributed by atoms with E-state index in [9.17, 15) is 9.59 Å². The zero-order valence-corrected chi connectivity index (χ0v) is 23.4. The summed E-state index contributed by atoms with van der Waals surface area (Å²) in [6.45, 7) is 8.99. The molecule has 0 bridgehead atoms. The van der Waals surface area contributed by atoms with Gasteiger partial charge in [-0.15, -0.1) is 0 Å². The Labute approximate surface area is 211 Å². The summed E-state index contributed by atoms with van der Waals surface area (Å²) in [5.74, 6) is -0.354. The average molecular weight is 484 g/mol. The molecule has 202 valence electrons. The molecule has 0 saturated carbocycles. The maximum Gasteiger partial charge on any atom is 0.410 e. The molecular weight excluding hydrogens is 426 g/mol. The zero-order valence-electron chi connectivity index (χ0n) is 23.4. The highest BCUT2D eigenvalue weighted by Crippen LogP contribution is 2.15. The highest BCUT2D eigenvalue weighted by Gasteiger charge is 2.32. The van der Waals surface area contributed by atoms with Crippen LogP contribution in [0.1, 0.15) is 143 Å². The van der Waals surface area contributed by atoms with E-state index in [0.29, 0.717) is 13.2 Å². The number of unbranched alkanes of at least 4 members (excludes halogenated alkanes) is 16. The lowest BCUT2D eigenvalue weighted by molar-refractivity contribution is -0.150. The van der Waals surface area contributed by atoms with Crippen molar-refractivity contribution in [3.8, 4) is 0 Å². The molecule has 0 radical (unpaired) electrons. The molecule has 5 nitrogen and oxygen atoms in total. The highest BCUT2D eigenvalue weighted by atomic mass is 16.6. The Morgan fingerprint density at radius 1 is 0.588 bits per heavy atom. The van der Waals surface area contributed by atoms with Gasteiger partial charge in [0.05, 0.1) is 13.2 Å². The Morgan fingerprint density at radius 2 is 0.971 bits per heavy atom. The molecule has 1 unspecified atom stereocenters. The molecule has 34 heavy (non-hydrogen) atoms. The molecule has 0 spiro atoms. The highest BCUT2D eigenvalue weighted by molar-refractivity contribution is 5.81. The Balaban J connectivity index is 3.69. The number of carbonyl (C=O) groups excluding carboxylic acids is 2. The van der Waals surface area contributed by atoms with Crippen LogP contribution in [0.25, 0.3) is 0 Å². The predicted molar refractivity (Wildman–Crippen MR) is 143 cm³/mol. The fourth-order valence-corrected chi connectivity index (χ4v) is 4.30. The standard InChI is InChI=1S/C29H57NO4/c1-6-8-10-11-12-13-14-15-16-17-18-19-20-21-22-23-25-33-28(31)27(26(3)4)30(5)29(32)34-24-9-7-2/h26-27H,6-25H2,1-5H3. The van der Waals surface area contributed by atoms with E-state index in [1.54, 1.807) is 7.05 Å². The normalized spacial score (nSPS) is 12.1. The van der Waals surface area contributed by atoms with Crippen LogP contribution >= 0.6 is 0 Å². The molecule has 0 aromatic rings. The van der Waals surface area contributed by atoms with Crippen molar-refractivity contribution in [1.82, 2.24) is 4.90 Å². The Bertz CT molecular complexity index is 481. The molecule has 0 aliphatic rings. The second-order valence-corrected chi connectivity index (χ2v) is 10.2. The minimum Gasteiger partial charge on any atom is -0.464 e. The van der Waals surface area contributed by atoms with Gasteiger partial charge in [-0.3, -0.25) is 4.90 Å². The van der Waals surface area contributed by atoms with E-state index in [4.69, 9.17) is 9.47 Å². The van der Waals surface area contributed by atoms with Crippen LogP contribution in [0.4, 0.5) is 4.79 Å². The second-order valence-electron chi connectivity index (χ2n) is 10.2. The monoisotopic (exact) mass is 483 g/mol. The molecule has 5 heteroatoms. The molecular formula is C29H57NO4. The quantitative estimate of drug-likeness (QED) is 0.108. The maximum absolute atomic E-state index is 12.5. The van der Waals surface area contributed by atoms with Crippen LogP contribution in [0, 0.1) is 5.92 Å². The van der Waals surface area contributed by atoms with Gasteiger partial charge in [-0.1, -0.05) is 130 Å². The van der Waals surface area contributed by atoms with Crippen LogP contribution in [-0.2, 0) is 14.3 Å². The summed E-state index contributed by atoms with van der Waals surface area (Å²) < 4.78 is 10.7. The first kappa shape index (κ1) is 32.7. The predicted octanol–water partition coefficient (Wildman–Crippen LogP) is 8.68. The van der Waals surface area contributed by atoms with Gasteiger partial charge in [0.1, 0.15) is 6.04 Å². The molecule has 0 rings (SSSR count). The lowest BCUT2D eigenvalue weighted by Crippen LogP contribution is -2.46. The fraction of sp³-hybridized carbons (Fsp3) is 0.931. The molecule has 0 heterocycles. The van der Waals surface area contributed by atoms with Crippen LogP contribution in [0.5, 0.6) is 0 Å². The van der Waals surface area contributed by atoms with Gasteiger partial charge >= 0.3 is 12.1 Å². The zero-order chi connectivity index (χ0) is 25.4. The van der Waals surface area contributed by atoms with Crippen LogP contribution in [0.2, 0.25) is 0 Å². The SMILES string of the molecule is CCCCCCCCCCCCCCCCCCOC(=O)C(C(C)C)N(C)C(=O)OCCCC. The molecule has 0 aromatic heterocycles. The Hall–Kier alpha value is -1.26. The summed E-state index contributed by atoms with van der Waals surface area (Å²) in [5.41, 5.74) is 0. The lowest BCUT2D eigenvalue weighted by atomic mass is 10.0. The minimum absolute atomic E-state index is 0.0259. The van der Waals surface area contributed by atoms with Crippen molar-refractivity contribution in [3.63, 3.8) is 0 Å². The molecule has 0 fully saturated rings. The number of rotatable bonds is 23. The third-order valence-corrected chi connectivity index (χ3v) is 6.54. The van der Waals surface area contributed by atoms with E-state index >= 15 is 0 Å². The number of likely N-dealkylation sites (N-methyl/N-ethyl adjacent to an activating group) is 1. The summed E-state index contributed by atoms with van der Waals surface area (Å²) in [6.07, 6.45) is 22.5. The second kappa shape index (κ2) is 23.5. The van der Waals surface area contributed by atoms with Crippen molar-refractivity contribution >= 4 is 12.1 Å². The number of hydrogen-bond acceptors (Lipinski definition) is 4. The maximum atomic E-state index is 12.5. The van der Waals surface area contributed by atoms with Gasteiger partial charge in [0, 0.05) is 7.05 Å². The molecule has 0 aliphatic carbocycles. The summed E-state index contributed by atoms with van der Waals surface area (Å²) >= 11 is 0. The first-order valence-corrected chi connectivity index (χ1v) is 14.5. The minimum atomic E-state index is -0.602. The summed E-state index contributed by atoms with van der Waals surface area (Å²) in [7, 11) is 1.62. The number of nitrogens with zero attached hydrogens (tertiary/aromatic N) is 1. The molecule has 0 saturated heterocycles. The number of hydrogen-bond donors (Lipinski definition) is 0. The van der Waals surface area contributed by atoms with E-state index in [1.807, 2.05) is 20.8 Å². The number of amides is 1. The third-order valence-electron chi connectivity index (χ3n) is 6.54. The molecule has 1 atom stereocenters. The van der Waals surface area contributed by atoms with E-state index in [0.717, 1.165) is 25.7 Å². The van der Waals surface area contributed by atoms with Crippen LogP contribution in [0.3, 0.4) is 0 Å². The Kier molecular flexibility index (Phi) is 22.6. The Morgan fingerprint density at radius 3 is 1.38 bits per heavy atom. The largest absolute Gasteiger partial charge is 0.464 e.